The smallest absolute Gasteiger partial charge is 0.0797 e. The van der Waals surface area contributed by atoms with Gasteiger partial charge >= 0.3 is 0 Å². The topological polar surface area (TPSA) is 16.1 Å². The van der Waals surface area contributed by atoms with E-state index in [2.05, 4.69) is 53.2 Å². The maximum Gasteiger partial charge on any atom is 0.0797 e. The molecule has 0 amide bonds. The van der Waals surface area contributed by atoms with E-state index in [1.54, 1.807) is 11.3 Å². The average molecular weight is 322 g/mol. The molecule has 1 aliphatic rings. The number of fused-ring (bicyclic) bond motifs is 1. The molecule has 1 aromatic heterocycles. The molecule has 0 saturated carbocycles. The zero-order valence-electron chi connectivity index (χ0n) is 13.5. The van der Waals surface area contributed by atoms with Crippen molar-refractivity contribution in [3.05, 3.63) is 53.7 Å². The Bertz CT molecular complexity index is 795. The second kappa shape index (κ2) is 6.42. The Morgan fingerprint density at radius 1 is 1.17 bits per heavy atom. The minimum atomic E-state index is 0.761. The lowest BCUT2D eigenvalue weighted by molar-refractivity contribution is 0.272. The monoisotopic (exact) mass is 322 g/mol. The van der Waals surface area contributed by atoms with E-state index < -0.39 is 0 Å². The van der Waals surface area contributed by atoms with Gasteiger partial charge in [0.15, 0.2) is 0 Å². The van der Waals surface area contributed by atoms with Crippen molar-refractivity contribution in [2.45, 2.75) is 32.2 Å². The second-order valence-electron chi connectivity index (χ2n) is 6.54. The van der Waals surface area contributed by atoms with Crippen LogP contribution in [0.25, 0.3) is 21.2 Å². The maximum absolute atomic E-state index is 4.17. The van der Waals surface area contributed by atoms with Crippen LogP contribution in [0.15, 0.2) is 48.1 Å². The quantitative estimate of drug-likeness (QED) is 0.672. The molecule has 0 radical (unpaired) electrons. The first-order chi connectivity index (χ1) is 11.3. The van der Waals surface area contributed by atoms with E-state index in [0.29, 0.717) is 0 Å². The fourth-order valence-corrected chi connectivity index (χ4v) is 4.18. The largest absolute Gasteiger partial charge is 0.300 e. The minimum Gasteiger partial charge on any atom is -0.300 e. The maximum atomic E-state index is 4.17. The Kier molecular flexibility index (Phi) is 4.15. The molecule has 4 rings (SSSR count). The Morgan fingerprint density at radius 2 is 2.04 bits per heavy atom. The highest BCUT2D eigenvalue weighted by Gasteiger charge is 2.19. The summed E-state index contributed by atoms with van der Waals surface area (Å²) >= 11 is 1.69. The normalized spacial score (nSPS) is 18.7. The van der Waals surface area contributed by atoms with Gasteiger partial charge in [-0.05, 0) is 60.7 Å². The van der Waals surface area contributed by atoms with Crippen molar-refractivity contribution in [2.24, 2.45) is 0 Å². The zero-order valence-corrected chi connectivity index (χ0v) is 14.4. The number of thiazole rings is 1. The predicted octanol–water partition coefficient (Wildman–Crippen LogP) is 4.99. The van der Waals surface area contributed by atoms with E-state index in [9.17, 15) is 0 Å². The molecule has 1 unspecified atom stereocenters. The van der Waals surface area contributed by atoms with Crippen molar-refractivity contribution >= 4 is 22.1 Å². The van der Waals surface area contributed by atoms with E-state index in [1.165, 1.54) is 52.7 Å². The van der Waals surface area contributed by atoms with Gasteiger partial charge in [-0.1, -0.05) is 30.3 Å². The summed E-state index contributed by atoms with van der Waals surface area (Å²) in [4.78, 5) is 8.03. The van der Waals surface area contributed by atoms with Crippen LogP contribution in [-0.2, 0) is 6.42 Å². The third-order valence-corrected chi connectivity index (χ3v) is 5.82. The van der Waals surface area contributed by atoms with Crippen molar-refractivity contribution in [3.8, 4) is 10.4 Å². The lowest BCUT2D eigenvalue weighted by Gasteiger charge is -2.20. The summed E-state index contributed by atoms with van der Waals surface area (Å²) in [6.45, 7) is 4.81. The van der Waals surface area contributed by atoms with Crippen molar-refractivity contribution in [2.75, 3.05) is 13.1 Å². The van der Waals surface area contributed by atoms with Crippen molar-refractivity contribution in [1.29, 1.82) is 0 Å². The minimum absolute atomic E-state index is 0.761. The van der Waals surface area contributed by atoms with Crippen LogP contribution in [0.5, 0.6) is 0 Å². The van der Waals surface area contributed by atoms with Gasteiger partial charge in [0, 0.05) is 18.8 Å². The number of hydrogen-bond acceptors (Lipinski definition) is 3. The first-order valence-corrected chi connectivity index (χ1v) is 9.33. The number of nitrogens with zero attached hydrogens (tertiary/aromatic N) is 2. The van der Waals surface area contributed by atoms with Crippen molar-refractivity contribution < 1.29 is 0 Å². The van der Waals surface area contributed by atoms with E-state index >= 15 is 0 Å². The molecule has 3 aromatic rings. The third-order valence-electron chi connectivity index (χ3n) is 5.00. The summed E-state index contributed by atoms with van der Waals surface area (Å²) in [5.41, 5.74) is 4.60. The van der Waals surface area contributed by atoms with E-state index in [0.717, 1.165) is 12.5 Å². The Hall–Kier alpha value is -1.71. The molecule has 1 fully saturated rings. The van der Waals surface area contributed by atoms with Crippen molar-refractivity contribution in [3.63, 3.8) is 0 Å². The molecule has 2 heterocycles. The first kappa shape index (κ1) is 14.9. The summed E-state index contributed by atoms with van der Waals surface area (Å²) in [5.74, 6) is 0. The first-order valence-electron chi connectivity index (χ1n) is 8.45. The van der Waals surface area contributed by atoms with Crippen LogP contribution in [0.3, 0.4) is 0 Å². The molecule has 118 valence electrons. The van der Waals surface area contributed by atoms with Gasteiger partial charge in [-0.15, -0.1) is 11.3 Å². The van der Waals surface area contributed by atoms with Gasteiger partial charge in [0.2, 0.25) is 0 Å². The van der Waals surface area contributed by atoms with Gasteiger partial charge in [0.05, 0.1) is 10.4 Å². The molecule has 1 atom stereocenters. The summed E-state index contributed by atoms with van der Waals surface area (Å²) in [5, 5.41) is 2.65. The van der Waals surface area contributed by atoms with Crippen LogP contribution in [0, 0.1) is 0 Å². The van der Waals surface area contributed by atoms with Crippen LogP contribution >= 0.6 is 11.3 Å². The van der Waals surface area contributed by atoms with Gasteiger partial charge in [-0.3, -0.25) is 4.98 Å². The van der Waals surface area contributed by atoms with Gasteiger partial charge in [0.1, 0.15) is 0 Å². The van der Waals surface area contributed by atoms with Gasteiger partial charge in [0.25, 0.3) is 0 Å². The van der Waals surface area contributed by atoms with Gasteiger partial charge in [-0.2, -0.15) is 0 Å². The zero-order chi connectivity index (χ0) is 15.6. The summed E-state index contributed by atoms with van der Waals surface area (Å²) in [6.07, 6.45) is 5.81. The SMILES string of the molecule is CC1CCCN1CCc1ccc2cc(-c3cncs3)ccc2c1. The lowest BCUT2D eigenvalue weighted by atomic mass is 10.0. The van der Waals surface area contributed by atoms with E-state index in [4.69, 9.17) is 0 Å². The molecule has 0 aliphatic carbocycles. The Balaban J connectivity index is 1.53. The highest BCUT2D eigenvalue weighted by atomic mass is 32.1. The second-order valence-corrected chi connectivity index (χ2v) is 7.43. The number of aromatic nitrogens is 1. The molecule has 0 spiro atoms. The van der Waals surface area contributed by atoms with Gasteiger partial charge < -0.3 is 4.90 Å². The van der Waals surface area contributed by atoms with Crippen LogP contribution in [0.2, 0.25) is 0 Å². The Morgan fingerprint density at radius 3 is 2.83 bits per heavy atom. The van der Waals surface area contributed by atoms with Gasteiger partial charge in [-0.25, -0.2) is 0 Å². The molecule has 2 aromatic carbocycles. The van der Waals surface area contributed by atoms with Crippen LogP contribution in [0.4, 0.5) is 0 Å². The standard InChI is InChI=1S/C20H22N2S/c1-15-3-2-9-22(15)10-8-16-4-5-18-12-19(7-6-17(18)11-16)20-13-21-14-23-20/h4-7,11-15H,2-3,8-10H2,1H3. The molecule has 23 heavy (non-hydrogen) atoms. The number of hydrogen-bond donors (Lipinski definition) is 0. The summed E-state index contributed by atoms with van der Waals surface area (Å²) in [7, 11) is 0. The molecule has 1 aliphatic heterocycles. The molecule has 0 N–H and O–H groups in total. The highest BCUT2D eigenvalue weighted by Crippen LogP contribution is 2.27. The summed E-state index contributed by atoms with van der Waals surface area (Å²) < 4.78 is 0. The third kappa shape index (κ3) is 3.17. The van der Waals surface area contributed by atoms with Crippen LogP contribution in [0.1, 0.15) is 25.3 Å². The fourth-order valence-electron chi connectivity index (χ4n) is 3.56. The molecule has 1 saturated heterocycles. The summed E-state index contributed by atoms with van der Waals surface area (Å²) in [6, 6.07) is 14.4. The number of benzene rings is 2. The molecule has 2 nitrogen and oxygen atoms in total. The number of rotatable bonds is 4. The number of likely N-dealkylation sites (tertiary alicyclic amines) is 1. The molecular formula is C20H22N2S. The molecule has 0 bridgehead atoms. The lowest BCUT2D eigenvalue weighted by Crippen LogP contribution is -2.28. The Labute approximate surface area is 141 Å². The predicted molar refractivity (Wildman–Crippen MR) is 99.0 cm³/mol. The molecule has 3 heteroatoms. The molecular weight excluding hydrogens is 300 g/mol. The van der Waals surface area contributed by atoms with Crippen LogP contribution < -0.4 is 0 Å². The highest BCUT2D eigenvalue weighted by molar-refractivity contribution is 7.13. The van der Waals surface area contributed by atoms with Crippen molar-refractivity contribution in [1.82, 2.24) is 9.88 Å². The average Bonchev–Trinajstić information content (AvgIpc) is 3.24. The van der Waals surface area contributed by atoms with E-state index in [1.807, 2.05) is 11.7 Å². The van der Waals surface area contributed by atoms with Crippen LogP contribution in [-0.4, -0.2) is 29.0 Å². The van der Waals surface area contributed by atoms with E-state index in [-0.39, 0.29) is 0 Å². The fraction of sp³-hybridized carbons (Fsp3) is 0.350.